The molecule has 0 amide bonds. The monoisotopic (exact) mass is 308 g/mol. The number of hydrogen-bond donors (Lipinski definition) is 0. The van der Waals surface area contributed by atoms with E-state index in [1.807, 2.05) is 48.5 Å². The van der Waals surface area contributed by atoms with Crippen LogP contribution >= 0.6 is 0 Å². The van der Waals surface area contributed by atoms with E-state index in [-0.39, 0.29) is 12.3 Å². The van der Waals surface area contributed by atoms with Gasteiger partial charge in [-0.3, -0.25) is 0 Å². The van der Waals surface area contributed by atoms with E-state index >= 15 is 0 Å². The van der Waals surface area contributed by atoms with Crippen molar-refractivity contribution in [2.45, 2.75) is 25.7 Å². The molecule has 23 heavy (non-hydrogen) atoms. The van der Waals surface area contributed by atoms with Gasteiger partial charge >= 0.3 is 0 Å². The van der Waals surface area contributed by atoms with Gasteiger partial charge in [-0.1, -0.05) is 19.1 Å². The number of ether oxygens (including phenoxy) is 2. The van der Waals surface area contributed by atoms with Gasteiger partial charge in [0.2, 0.25) is 0 Å². The SMILES string of the molecule is CCC1CN(c2ccc(OC)cc2)C(c2cccc(C#N)c2)O1. The molecule has 0 bridgehead atoms. The first kappa shape index (κ1) is 15.4. The third-order valence-electron chi connectivity index (χ3n) is 4.17. The number of hydrogen-bond acceptors (Lipinski definition) is 4. The van der Waals surface area contributed by atoms with E-state index in [2.05, 4.69) is 17.9 Å². The highest BCUT2D eigenvalue weighted by atomic mass is 16.5. The summed E-state index contributed by atoms with van der Waals surface area (Å²) in [6, 6.07) is 17.8. The molecule has 0 aliphatic carbocycles. The average molecular weight is 308 g/mol. The minimum atomic E-state index is -0.165. The number of anilines is 1. The average Bonchev–Trinajstić information content (AvgIpc) is 3.06. The van der Waals surface area contributed by atoms with E-state index < -0.39 is 0 Å². The van der Waals surface area contributed by atoms with Gasteiger partial charge in [0.1, 0.15) is 5.75 Å². The van der Waals surface area contributed by atoms with Crippen molar-refractivity contribution in [2.75, 3.05) is 18.6 Å². The molecule has 4 heteroatoms. The fourth-order valence-electron chi connectivity index (χ4n) is 2.87. The minimum absolute atomic E-state index is 0.165. The number of nitrogens with zero attached hydrogens (tertiary/aromatic N) is 2. The molecule has 3 rings (SSSR count). The van der Waals surface area contributed by atoms with Crippen LogP contribution in [0.2, 0.25) is 0 Å². The molecule has 2 unspecified atom stereocenters. The Hall–Kier alpha value is -2.51. The van der Waals surface area contributed by atoms with Gasteiger partial charge in [0.25, 0.3) is 0 Å². The lowest BCUT2D eigenvalue weighted by Crippen LogP contribution is -2.24. The highest BCUT2D eigenvalue weighted by Gasteiger charge is 2.33. The highest BCUT2D eigenvalue weighted by molar-refractivity contribution is 5.52. The van der Waals surface area contributed by atoms with Crippen molar-refractivity contribution in [1.82, 2.24) is 0 Å². The lowest BCUT2D eigenvalue weighted by Gasteiger charge is -2.25. The molecule has 1 saturated heterocycles. The molecule has 0 aromatic heterocycles. The molecule has 0 radical (unpaired) electrons. The molecule has 0 saturated carbocycles. The largest absolute Gasteiger partial charge is 0.497 e. The molecular formula is C19H20N2O2. The topological polar surface area (TPSA) is 45.5 Å². The second-order valence-corrected chi connectivity index (χ2v) is 5.61. The molecule has 2 aromatic rings. The standard InChI is InChI=1S/C19H20N2O2/c1-3-17-13-21(16-7-9-18(22-2)10-8-16)19(23-17)15-6-4-5-14(11-15)12-20/h4-11,17,19H,3,13H2,1-2H3. The van der Waals surface area contributed by atoms with Crippen molar-refractivity contribution in [3.63, 3.8) is 0 Å². The van der Waals surface area contributed by atoms with Gasteiger partial charge in [-0.2, -0.15) is 5.26 Å². The molecule has 4 nitrogen and oxygen atoms in total. The maximum Gasteiger partial charge on any atom is 0.157 e. The van der Waals surface area contributed by atoms with Gasteiger partial charge in [0.15, 0.2) is 6.23 Å². The first-order valence-corrected chi connectivity index (χ1v) is 7.81. The molecule has 1 fully saturated rings. The Morgan fingerprint density at radius 2 is 2.04 bits per heavy atom. The van der Waals surface area contributed by atoms with Gasteiger partial charge in [-0.25, -0.2) is 0 Å². The second-order valence-electron chi connectivity index (χ2n) is 5.61. The van der Waals surface area contributed by atoms with Crippen LogP contribution in [0.25, 0.3) is 0 Å². The van der Waals surface area contributed by atoms with E-state index in [9.17, 15) is 0 Å². The predicted octanol–water partition coefficient (Wildman–Crippen LogP) is 3.88. The predicted molar refractivity (Wildman–Crippen MR) is 89.4 cm³/mol. The normalized spacial score (nSPS) is 20.3. The molecule has 1 aliphatic heterocycles. The number of methoxy groups -OCH3 is 1. The van der Waals surface area contributed by atoms with Gasteiger partial charge in [0, 0.05) is 17.8 Å². The van der Waals surface area contributed by atoms with E-state index in [1.54, 1.807) is 7.11 Å². The summed E-state index contributed by atoms with van der Waals surface area (Å²) in [5.41, 5.74) is 2.76. The Labute approximate surface area is 136 Å². The van der Waals surface area contributed by atoms with Crippen molar-refractivity contribution in [3.05, 3.63) is 59.7 Å². The third kappa shape index (κ3) is 3.15. The lowest BCUT2D eigenvalue weighted by molar-refractivity contribution is 0.0462. The third-order valence-corrected chi connectivity index (χ3v) is 4.17. The number of rotatable bonds is 4. The smallest absolute Gasteiger partial charge is 0.157 e. The van der Waals surface area contributed by atoms with Gasteiger partial charge in [-0.15, -0.1) is 0 Å². The zero-order chi connectivity index (χ0) is 16.2. The molecule has 0 spiro atoms. The molecule has 1 heterocycles. The van der Waals surface area contributed by atoms with Gasteiger partial charge in [-0.05, 0) is 42.8 Å². The van der Waals surface area contributed by atoms with Crippen LogP contribution in [-0.4, -0.2) is 19.8 Å². The van der Waals surface area contributed by atoms with Crippen LogP contribution in [0, 0.1) is 11.3 Å². The van der Waals surface area contributed by atoms with Crippen molar-refractivity contribution < 1.29 is 9.47 Å². The van der Waals surface area contributed by atoms with Crippen LogP contribution < -0.4 is 9.64 Å². The Balaban J connectivity index is 1.93. The first-order valence-electron chi connectivity index (χ1n) is 7.81. The summed E-state index contributed by atoms with van der Waals surface area (Å²) < 4.78 is 11.4. The van der Waals surface area contributed by atoms with E-state index in [4.69, 9.17) is 14.7 Å². The Morgan fingerprint density at radius 3 is 2.70 bits per heavy atom. The van der Waals surface area contributed by atoms with Crippen LogP contribution in [0.3, 0.4) is 0 Å². The Bertz CT molecular complexity index is 706. The Morgan fingerprint density at radius 1 is 1.26 bits per heavy atom. The molecule has 0 N–H and O–H groups in total. The summed E-state index contributed by atoms with van der Waals surface area (Å²) in [5, 5.41) is 9.13. The summed E-state index contributed by atoms with van der Waals surface area (Å²) >= 11 is 0. The highest BCUT2D eigenvalue weighted by Crippen LogP contribution is 2.36. The van der Waals surface area contributed by atoms with Gasteiger partial charge < -0.3 is 14.4 Å². The van der Waals surface area contributed by atoms with Crippen molar-refractivity contribution in [3.8, 4) is 11.8 Å². The summed E-state index contributed by atoms with van der Waals surface area (Å²) in [7, 11) is 1.66. The maximum absolute atomic E-state index is 9.13. The van der Waals surface area contributed by atoms with Crippen molar-refractivity contribution >= 4 is 5.69 Å². The molecule has 118 valence electrons. The fourth-order valence-corrected chi connectivity index (χ4v) is 2.87. The maximum atomic E-state index is 9.13. The molecular weight excluding hydrogens is 288 g/mol. The van der Waals surface area contributed by atoms with E-state index in [0.717, 1.165) is 30.0 Å². The van der Waals surface area contributed by atoms with Gasteiger partial charge in [0.05, 0.1) is 24.8 Å². The first-order chi connectivity index (χ1) is 11.2. The minimum Gasteiger partial charge on any atom is -0.497 e. The van der Waals surface area contributed by atoms with Crippen LogP contribution in [0.1, 0.15) is 30.7 Å². The zero-order valence-corrected chi connectivity index (χ0v) is 13.4. The quantitative estimate of drug-likeness (QED) is 0.860. The van der Waals surface area contributed by atoms with E-state index in [0.29, 0.717) is 5.56 Å². The number of nitriles is 1. The van der Waals surface area contributed by atoms with Crippen LogP contribution in [0.5, 0.6) is 5.75 Å². The summed E-state index contributed by atoms with van der Waals surface area (Å²) in [6.45, 7) is 2.97. The van der Waals surface area contributed by atoms with Crippen molar-refractivity contribution in [1.29, 1.82) is 5.26 Å². The van der Waals surface area contributed by atoms with Crippen molar-refractivity contribution in [2.24, 2.45) is 0 Å². The second kappa shape index (κ2) is 6.72. The van der Waals surface area contributed by atoms with Crippen LogP contribution in [0.15, 0.2) is 48.5 Å². The zero-order valence-electron chi connectivity index (χ0n) is 13.4. The summed E-state index contributed by atoms with van der Waals surface area (Å²) in [4.78, 5) is 2.24. The lowest BCUT2D eigenvalue weighted by atomic mass is 10.1. The van der Waals surface area contributed by atoms with E-state index in [1.165, 1.54) is 0 Å². The fraction of sp³-hybridized carbons (Fsp3) is 0.316. The van der Waals surface area contributed by atoms with Crippen LogP contribution in [-0.2, 0) is 4.74 Å². The van der Waals surface area contributed by atoms with Crippen LogP contribution in [0.4, 0.5) is 5.69 Å². The summed E-state index contributed by atoms with van der Waals surface area (Å²) in [5.74, 6) is 0.837. The molecule has 2 aromatic carbocycles. The number of benzene rings is 2. The summed E-state index contributed by atoms with van der Waals surface area (Å²) in [6.07, 6.45) is 0.982. The Kier molecular flexibility index (Phi) is 4.50. The molecule has 2 atom stereocenters. The molecule has 1 aliphatic rings.